The van der Waals surface area contributed by atoms with Crippen LogP contribution in [0.4, 0.5) is 0 Å². The normalized spacial score (nSPS) is 21.8. The topological polar surface area (TPSA) is 72.9 Å². The van der Waals surface area contributed by atoms with Crippen LogP contribution in [-0.4, -0.2) is 60.2 Å². The van der Waals surface area contributed by atoms with Crippen LogP contribution >= 0.6 is 24.0 Å². The number of nitrogens with zero attached hydrogens (tertiary/aromatic N) is 1. The molecule has 0 radical (unpaired) electrons. The summed E-state index contributed by atoms with van der Waals surface area (Å²) in [7, 11) is -2.13. The summed E-state index contributed by atoms with van der Waals surface area (Å²) >= 11 is 6.83. The number of hydrogen-bond donors (Lipinski definition) is 0. The lowest BCUT2D eigenvalue weighted by atomic mass is 9.77. The summed E-state index contributed by atoms with van der Waals surface area (Å²) in [6, 6.07) is -0.536. The predicted octanol–water partition coefficient (Wildman–Crippen LogP) is 3.81. The molecule has 0 aromatic rings. The van der Waals surface area contributed by atoms with E-state index >= 15 is 0 Å². The molecule has 4 atom stereocenters. The summed E-state index contributed by atoms with van der Waals surface area (Å²) < 4.78 is 11.9. The van der Waals surface area contributed by atoms with Crippen LogP contribution in [0.15, 0.2) is 12.7 Å². The van der Waals surface area contributed by atoms with Gasteiger partial charge in [0.25, 0.3) is 0 Å². The maximum Gasteiger partial charge on any atom is 0.397 e. The first-order chi connectivity index (χ1) is 13.2. The van der Waals surface area contributed by atoms with Gasteiger partial charge in [0.05, 0.1) is 22.3 Å². The number of esters is 1. The molecule has 0 N–H and O–H groups in total. The van der Waals surface area contributed by atoms with E-state index in [0.29, 0.717) is 4.20 Å². The van der Waals surface area contributed by atoms with Crippen LogP contribution in [0.3, 0.4) is 0 Å². The van der Waals surface area contributed by atoms with Crippen molar-refractivity contribution in [2.75, 3.05) is 12.9 Å². The molecule has 1 fully saturated rings. The lowest BCUT2D eigenvalue weighted by Crippen LogP contribution is -2.70. The number of thioether (sulfide) groups is 1. The molecule has 2 amide bonds. The van der Waals surface area contributed by atoms with Crippen molar-refractivity contribution in [2.45, 2.75) is 64.9 Å². The fourth-order valence-electron chi connectivity index (χ4n) is 3.12. The van der Waals surface area contributed by atoms with Gasteiger partial charge in [-0.3, -0.25) is 14.5 Å². The number of carbonyl (C=O) groups is 3. The van der Waals surface area contributed by atoms with E-state index in [2.05, 4.69) is 40.4 Å². The summed E-state index contributed by atoms with van der Waals surface area (Å²) in [6.45, 7) is 17.7. The first-order valence-corrected chi connectivity index (χ1v) is 14.2. The van der Waals surface area contributed by atoms with Gasteiger partial charge in [0, 0.05) is 5.92 Å². The number of ether oxygens (including phenoxy) is 1. The Morgan fingerprint density at radius 1 is 1.34 bits per heavy atom. The zero-order chi connectivity index (χ0) is 22.7. The van der Waals surface area contributed by atoms with Crippen molar-refractivity contribution in [3.05, 3.63) is 12.7 Å². The van der Waals surface area contributed by atoms with Crippen LogP contribution in [0.1, 0.15) is 34.6 Å². The van der Waals surface area contributed by atoms with Crippen molar-refractivity contribution in [1.29, 1.82) is 0 Å². The van der Waals surface area contributed by atoms with Gasteiger partial charge in [-0.05, 0) is 31.3 Å². The molecule has 0 spiro atoms. The van der Waals surface area contributed by atoms with Gasteiger partial charge in [-0.2, -0.15) is 0 Å². The quantitative estimate of drug-likeness (QED) is 0.143. The molecule has 0 aromatic carbocycles. The van der Waals surface area contributed by atoms with Crippen molar-refractivity contribution < 1.29 is 23.5 Å². The monoisotopic (exact) mass is 459 g/mol. The van der Waals surface area contributed by atoms with Gasteiger partial charge in [0.2, 0.25) is 5.91 Å². The molecule has 1 saturated heterocycles. The number of likely N-dealkylation sites (tertiary alicyclic amines) is 1. The van der Waals surface area contributed by atoms with E-state index in [1.54, 1.807) is 0 Å². The number of β-lactam (4-membered cyclic amide) rings is 1. The molecule has 1 heterocycles. The lowest BCUT2D eigenvalue weighted by molar-refractivity contribution is -0.180. The van der Waals surface area contributed by atoms with Gasteiger partial charge >= 0.3 is 11.9 Å². The molecule has 6 nitrogen and oxygen atoms in total. The highest BCUT2D eigenvalue weighted by molar-refractivity contribution is 8.22. The van der Waals surface area contributed by atoms with Crippen LogP contribution in [-0.2, 0) is 23.5 Å². The third-order valence-corrected chi connectivity index (χ3v) is 12.0. The highest BCUT2D eigenvalue weighted by Crippen LogP contribution is 2.42. The van der Waals surface area contributed by atoms with Crippen molar-refractivity contribution >= 4 is 54.3 Å². The second-order valence-electron chi connectivity index (χ2n) is 8.81. The van der Waals surface area contributed by atoms with Crippen LogP contribution in [0.5, 0.6) is 0 Å². The van der Waals surface area contributed by atoms with Gasteiger partial charge in [-0.25, -0.2) is 4.79 Å². The summed E-state index contributed by atoms with van der Waals surface area (Å²) in [5.74, 6) is -3.25. The molecular weight excluding hydrogens is 426 g/mol. The number of imide groups is 1. The van der Waals surface area contributed by atoms with Crippen molar-refractivity contribution in [3.8, 4) is 0 Å². The van der Waals surface area contributed by atoms with E-state index < -0.39 is 44.2 Å². The third kappa shape index (κ3) is 5.56. The maximum absolute atomic E-state index is 12.9. The Kier molecular flexibility index (Phi) is 8.83. The highest BCUT2D eigenvalue weighted by atomic mass is 32.2. The molecule has 0 aromatic heterocycles. The second kappa shape index (κ2) is 9.85. The van der Waals surface area contributed by atoms with E-state index in [1.165, 1.54) is 17.8 Å². The van der Waals surface area contributed by atoms with Crippen molar-refractivity contribution in [3.63, 3.8) is 0 Å². The first kappa shape index (κ1) is 26.0. The van der Waals surface area contributed by atoms with Gasteiger partial charge in [-0.15, -0.1) is 11.8 Å². The standard InChI is InChI=1S/C20H33NO5S2Si/c1-10-11-25-18(24)17(23)21-15(12(2)19(27)28-7)14(16(21)22)13(3)26-29(8,9)20(4,5)6/h10,12-15H,1,11H2,2-9H3/t12-,13+,14+,15+/m0/s1. The molecule has 9 heteroatoms. The Hall–Kier alpha value is -1.03. The van der Waals surface area contributed by atoms with E-state index in [0.717, 1.165) is 4.90 Å². The summed E-state index contributed by atoms with van der Waals surface area (Å²) in [4.78, 5) is 38.6. The number of rotatable bonds is 7. The van der Waals surface area contributed by atoms with Crippen LogP contribution in [0.2, 0.25) is 18.1 Å². The zero-order valence-corrected chi connectivity index (χ0v) is 21.2. The second-order valence-corrected chi connectivity index (χ2v) is 15.1. The Morgan fingerprint density at radius 3 is 2.34 bits per heavy atom. The Labute approximate surface area is 184 Å². The third-order valence-electron chi connectivity index (χ3n) is 5.79. The molecule has 1 aliphatic heterocycles. The minimum absolute atomic E-state index is 0.0201. The summed E-state index contributed by atoms with van der Waals surface area (Å²) in [6.07, 6.45) is 2.83. The SMILES string of the molecule is C=CCOC(=O)C(=O)N1C(=O)[C@H]([C@@H](C)O[Si](C)(C)C(C)(C)C)[C@H]1[C@H](C)C(=S)SC. The minimum Gasteiger partial charge on any atom is -0.454 e. The van der Waals surface area contributed by atoms with Gasteiger partial charge in [0.1, 0.15) is 6.61 Å². The van der Waals surface area contributed by atoms with Gasteiger partial charge in [-0.1, -0.05) is 52.6 Å². The number of carbonyl (C=O) groups excluding carboxylic acids is 3. The fraction of sp³-hybridized carbons (Fsp3) is 0.700. The Bertz CT molecular complexity index is 689. The zero-order valence-electron chi connectivity index (χ0n) is 18.6. The molecule has 164 valence electrons. The number of hydrogen-bond acceptors (Lipinski definition) is 7. The van der Waals surface area contributed by atoms with E-state index in [1.807, 2.05) is 20.1 Å². The van der Waals surface area contributed by atoms with Gasteiger partial charge < -0.3 is 9.16 Å². The summed E-state index contributed by atoms with van der Waals surface area (Å²) in [5.41, 5.74) is 0. The Balaban J connectivity index is 3.16. The molecular formula is C20H33NO5S2Si. The maximum atomic E-state index is 12.9. The van der Waals surface area contributed by atoms with Gasteiger partial charge in [0.15, 0.2) is 8.32 Å². The molecule has 0 saturated carbocycles. The lowest BCUT2D eigenvalue weighted by Gasteiger charge is -2.51. The molecule has 0 unspecified atom stereocenters. The smallest absolute Gasteiger partial charge is 0.397 e. The van der Waals surface area contributed by atoms with E-state index in [9.17, 15) is 14.4 Å². The highest BCUT2D eigenvalue weighted by Gasteiger charge is 2.58. The molecule has 0 bridgehead atoms. The molecule has 1 aliphatic rings. The number of amides is 2. The average Bonchev–Trinajstić information content (AvgIpc) is 2.61. The molecule has 1 rings (SSSR count). The predicted molar refractivity (Wildman–Crippen MR) is 123 cm³/mol. The fourth-order valence-corrected chi connectivity index (χ4v) is 5.20. The van der Waals surface area contributed by atoms with Crippen molar-refractivity contribution in [1.82, 2.24) is 4.90 Å². The largest absolute Gasteiger partial charge is 0.454 e. The van der Waals surface area contributed by atoms with Crippen molar-refractivity contribution in [2.24, 2.45) is 11.8 Å². The summed E-state index contributed by atoms with van der Waals surface area (Å²) in [5, 5.41) is -0.0201. The van der Waals surface area contributed by atoms with E-state index in [4.69, 9.17) is 21.4 Å². The first-order valence-electron chi connectivity index (χ1n) is 9.62. The Morgan fingerprint density at radius 2 is 1.90 bits per heavy atom. The minimum atomic E-state index is -2.13. The van der Waals surface area contributed by atoms with E-state index in [-0.39, 0.29) is 17.6 Å². The molecule has 29 heavy (non-hydrogen) atoms. The average molecular weight is 460 g/mol. The number of thiocarbonyl (C=S) groups is 1. The molecule has 0 aliphatic carbocycles. The van der Waals surface area contributed by atoms with Crippen LogP contribution in [0.25, 0.3) is 0 Å². The van der Waals surface area contributed by atoms with Crippen LogP contribution < -0.4 is 0 Å². The van der Waals surface area contributed by atoms with Crippen LogP contribution in [0, 0.1) is 11.8 Å².